The Morgan fingerprint density at radius 3 is 2.29 bits per heavy atom. The van der Waals surface area contributed by atoms with E-state index in [0.717, 1.165) is 5.57 Å². The zero-order chi connectivity index (χ0) is 36.6. The second-order valence-corrected chi connectivity index (χ2v) is 13.6. The van der Waals surface area contributed by atoms with Crippen molar-refractivity contribution < 1.29 is 48.6 Å². The van der Waals surface area contributed by atoms with Gasteiger partial charge in [-0.2, -0.15) is 0 Å². The summed E-state index contributed by atoms with van der Waals surface area (Å²) < 4.78 is 27.5. The van der Waals surface area contributed by atoms with E-state index in [1.54, 1.807) is 26.2 Å². The minimum absolute atomic E-state index is 0.00410. The molecule has 0 aromatic carbocycles. The van der Waals surface area contributed by atoms with Crippen LogP contribution in [0.2, 0.25) is 0 Å². The van der Waals surface area contributed by atoms with Gasteiger partial charge in [-0.1, -0.05) is 90.2 Å². The maximum atomic E-state index is 12.3. The van der Waals surface area contributed by atoms with Crippen molar-refractivity contribution in [3.63, 3.8) is 0 Å². The van der Waals surface area contributed by atoms with Crippen molar-refractivity contribution in [2.75, 3.05) is 27.1 Å². The van der Waals surface area contributed by atoms with Crippen LogP contribution in [0.3, 0.4) is 0 Å². The fourth-order valence-electron chi connectivity index (χ4n) is 6.25. The molecule has 1 rings (SSSR count). The van der Waals surface area contributed by atoms with E-state index >= 15 is 0 Å². The van der Waals surface area contributed by atoms with Gasteiger partial charge in [0.2, 0.25) is 0 Å². The molecule has 1 aliphatic rings. The predicted octanol–water partition coefficient (Wildman–Crippen LogP) is 4.94. The number of aliphatic hydroxyl groups excluding tert-OH is 3. The molecule has 1 aliphatic heterocycles. The highest BCUT2D eigenvalue weighted by Gasteiger charge is 2.41. The molecule has 1 saturated heterocycles. The van der Waals surface area contributed by atoms with Crippen LogP contribution >= 0.6 is 0 Å². The second-order valence-electron chi connectivity index (χ2n) is 13.6. The van der Waals surface area contributed by atoms with E-state index in [9.17, 15) is 24.9 Å². The molecule has 48 heavy (non-hydrogen) atoms. The Labute approximate surface area is 288 Å². The minimum Gasteiger partial charge on any atom is -0.462 e. The molecule has 276 valence electrons. The quantitative estimate of drug-likeness (QED) is 0.0404. The first-order valence-electron chi connectivity index (χ1n) is 17.1. The topological polar surface area (TPSA) is 167 Å². The molecule has 0 spiro atoms. The van der Waals surface area contributed by atoms with Crippen LogP contribution in [0, 0.1) is 41.4 Å². The van der Waals surface area contributed by atoms with Crippen LogP contribution in [-0.4, -0.2) is 91.1 Å². The number of esters is 1. The molecule has 0 bridgehead atoms. The van der Waals surface area contributed by atoms with Gasteiger partial charge in [0.25, 0.3) is 0 Å². The van der Waals surface area contributed by atoms with E-state index < -0.39 is 54.6 Å². The summed E-state index contributed by atoms with van der Waals surface area (Å²) in [6.07, 6.45) is 7.09. The summed E-state index contributed by atoms with van der Waals surface area (Å²) >= 11 is 0. The maximum absolute atomic E-state index is 12.3. The third kappa shape index (κ3) is 14.5. The van der Waals surface area contributed by atoms with Crippen molar-refractivity contribution in [2.45, 2.75) is 105 Å². The molecule has 1 amide bonds. The molecule has 1 fully saturated rings. The molecule has 0 aliphatic carbocycles. The van der Waals surface area contributed by atoms with Gasteiger partial charge in [-0.05, 0) is 26.2 Å². The SMILES string of the molecule is C=C/C=C\[C@H](C)[C@H](OC(N)=O)[C@@H](C)[C@H](O)[C@@H](C)C/C(C)=C\[C@H](C)[C@@H](O)[C@@H](C)/C=C\[C@H](CC1OC(=O)[C@H](C)[C@@H](O)[C@H]1C)OCOCCOC. The molecular formula is C37H63NO10. The average Bonchev–Trinajstić information content (AvgIpc) is 3.04. The van der Waals surface area contributed by atoms with Gasteiger partial charge in [-0.15, -0.1) is 0 Å². The Kier molecular flexibility index (Phi) is 20.1. The average molecular weight is 682 g/mol. The molecule has 11 heteroatoms. The molecule has 1 unspecified atom stereocenters. The van der Waals surface area contributed by atoms with Crippen molar-refractivity contribution >= 4 is 12.1 Å². The standard InChI is InChI=1S/C37H63NO10/c1-11-12-13-24(4)35(48-37(38)43)28(8)33(40)26(6)19-22(2)18-25(5)32(39)23(3)14-15-30(46-21-45-17-16-44-10)20-31-27(7)34(41)29(9)36(42)47-31/h11-15,18,23-35,39-41H,1,16-17,19-21H2,2-10H3,(H2,38,43)/b13-12-,15-14-,22-18-/t23-,24-,25-,26-,27-,28-,29+,30+,31?,32-,33+,34-,35-/m0/s1. The Balaban J connectivity index is 2.93. The lowest BCUT2D eigenvalue weighted by Crippen LogP contribution is -2.47. The molecule has 0 aromatic rings. The van der Waals surface area contributed by atoms with Gasteiger partial charge in [0, 0.05) is 43.1 Å². The lowest BCUT2D eigenvalue weighted by Gasteiger charge is -2.37. The van der Waals surface area contributed by atoms with Gasteiger partial charge in [-0.25, -0.2) is 4.79 Å². The third-order valence-electron chi connectivity index (χ3n) is 9.40. The molecule has 5 N–H and O–H groups in total. The highest BCUT2D eigenvalue weighted by molar-refractivity contribution is 5.73. The predicted molar refractivity (Wildman–Crippen MR) is 186 cm³/mol. The van der Waals surface area contributed by atoms with Crippen molar-refractivity contribution in [2.24, 2.45) is 47.2 Å². The van der Waals surface area contributed by atoms with E-state index in [-0.39, 0.29) is 42.3 Å². The molecule has 1 heterocycles. The van der Waals surface area contributed by atoms with E-state index in [0.29, 0.717) is 26.1 Å². The summed E-state index contributed by atoms with van der Waals surface area (Å²) in [7, 11) is 1.58. The Morgan fingerprint density at radius 1 is 1.02 bits per heavy atom. The molecule has 0 aromatic heterocycles. The smallest absolute Gasteiger partial charge is 0.404 e. The number of aliphatic hydroxyl groups is 3. The number of primary amides is 1. The number of hydrogen-bond acceptors (Lipinski definition) is 10. The van der Waals surface area contributed by atoms with E-state index in [2.05, 4.69) is 6.58 Å². The van der Waals surface area contributed by atoms with Crippen molar-refractivity contribution in [3.05, 3.63) is 48.6 Å². The number of methoxy groups -OCH3 is 1. The maximum Gasteiger partial charge on any atom is 0.404 e. The first kappa shape index (κ1) is 43.5. The number of hydrogen-bond donors (Lipinski definition) is 4. The van der Waals surface area contributed by atoms with Gasteiger partial charge in [-0.3, -0.25) is 4.79 Å². The van der Waals surface area contributed by atoms with Crippen molar-refractivity contribution in [1.82, 2.24) is 0 Å². The van der Waals surface area contributed by atoms with Crippen LogP contribution in [0.4, 0.5) is 4.79 Å². The van der Waals surface area contributed by atoms with Gasteiger partial charge in [0.15, 0.2) is 0 Å². The van der Waals surface area contributed by atoms with Crippen LogP contribution < -0.4 is 5.73 Å². The number of cyclic esters (lactones) is 1. The van der Waals surface area contributed by atoms with Crippen LogP contribution in [0.1, 0.15) is 68.2 Å². The molecule has 0 saturated carbocycles. The molecule has 13 atom stereocenters. The summed E-state index contributed by atoms with van der Waals surface area (Å²) in [6, 6.07) is 0. The normalized spacial score (nSPS) is 26.2. The van der Waals surface area contributed by atoms with Gasteiger partial charge >= 0.3 is 12.1 Å². The summed E-state index contributed by atoms with van der Waals surface area (Å²) in [4.78, 5) is 23.9. The van der Waals surface area contributed by atoms with Crippen LogP contribution in [0.15, 0.2) is 48.6 Å². The first-order chi connectivity index (χ1) is 22.5. The van der Waals surface area contributed by atoms with E-state index in [4.69, 9.17) is 29.4 Å². The Morgan fingerprint density at radius 2 is 1.69 bits per heavy atom. The fraction of sp³-hybridized carbons (Fsp3) is 0.730. The fourth-order valence-corrected chi connectivity index (χ4v) is 6.25. The monoisotopic (exact) mass is 681 g/mol. The minimum atomic E-state index is -0.888. The largest absolute Gasteiger partial charge is 0.462 e. The third-order valence-corrected chi connectivity index (χ3v) is 9.40. The van der Waals surface area contributed by atoms with Crippen molar-refractivity contribution in [1.29, 1.82) is 0 Å². The number of rotatable bonds is 22. The number of carbonyl (C=O) groups excluding carboxylic acids is 2. The van der Waals surface area contributed by atoms with E-state index in [1.807, 2.05) is 72.8 Å². The second kappa shape index (κ2) is 22.2. The summed E-state index contributed by atoms with van der Waals surface area (Å²) in [6.45, 7) is 19.5. The Hall–Kier alpha value is -2.54. The van der Waals surface area contributed by atoms with Gasteiger partial charge in [0.05, 0.1) is 43.5 Å². The lowest BCUT2D eigenvalue weighted by atomic mass is 9.81. The molecule has 0 radical (unpaired) electrons. The van der Waals surface area contributed by atoms with Crippen LogP contribution in [0.25, 0.3) is 0 Å². The van der Waals surface area contributed by atoms with Crippen LogP contribution in [0.5, 0.6) is 0 Å². The first-order valence-corrected chi connectivity index (χ1v) is 17.1. The van der Waals surface area contributed by atoms with Gasteiger partial charge in [0.1, 0.15) is 19.0 Å². The lowest BCUT2D eigenvalue weighted by molar-refractivity contribution is -0.181. The summed E-state index contributed by atoms with van der Waals surface area (Å²) in [5.41, 5.74) is 6.34. The summed E-state index contributed by atoms with van der Waals surface area (Å²) in [5, 5.41) is 32.9. The summed E-state index contributed by atoms with van der Waals surface area (Å²) in [5.74, 6) is -2.47. The molecular weight excluding hydrogens is 618 g/mol. The Bertz CT molecular complexity index is 1060. The highest BCUT2D eigenvalue weighted by Crippen LogP contribution is 2.31. The van der Waals surface area contributed by atoms with E-state index in [1.165, 1.54) is 0 Å². The number of amides is 1. The number of nitrogens with two attached hydrogens (primary N) is 1. The number of allylic oxidation sites excluding steroid dienone is 3. The molecule has 11 nitrogen and oxygen atoms in total. The number of carbonyl (C=O) groups is 2. The van der Waals surface area contributed by atoms with Crippen LogP contribution in [-0.2, 0) is 28.5 Å². The highest BCUT2D eigenvalue weighted by atomic mass is 16.7. The van der Waals surface area contributed by atoms with Crippen molar-refractivity contribution in [3.8, 4) is 0 Å². The zero-order valence-corrected chi connectivity index (χ0v) is 30.5. The number of ether oxygens (including phenoxy) is 5. The zero-order valence-electron chi connectivity index (χ0n) is 30.5. The van der Waals surface area contributed by atoms with Gasteiger partial charge < -0.3 is 44.7 Å².